The molecule has 1 heterocycles. The Bertz CT molecular complexity index is 658. The monoisotopic (exact) mass is 312 g/mol. The predicted molar refractivity (Wildman–Crippen MR) is 80.4 cm³/mol. The molecule has 0 amide bonds. The van der Waals surface area contributed by atoms with E-state index in [9.17, 15) is 8.78 Å². The molecule has 0 N–H and O–H groups in total. The minimum Gasteiger partial charge on any atom is -0.321 e. The Morgan fingerprint density at radius 2 is 1.86 bits per heavy atom. The van der Waals surface area contributed by atoms with Crippen LogP contribution in [-0.2, 0) is 5.88 Å². The summed E-state index contributed by atoms with van der Waals surface area (Å²) < 4.78 is 29.7. The Kier molecular flexibility index (Phi) is 3.91. The van der Waals surface area contributed by atoms with Crippen molar-refractivity contribution < 1.29 is 8.78 Å². The maximum absolute atomic E-state index is 14.3. The van der Waals surface area contributed by atoms with Gasteiger partial charge >= 0.3 is 0 Å². The van der Waals surface area contributed by atoms with Crippen LogP contribution >= 0.6 is 11.6 Å². The van der Waals surface area contributed by atoms with Crippen molar-refractivity contribution in [1.82, 2.24) is 9.55 Å². The van der Waals surface area contributed by atoms with E-state index in [0.29, 0.717) is 23.2 Å². The van der Waals surface area contributed by atoms with Gasteiger partial charge in [0.05, 0.1) is 11.4 Å². The first-order valence-corrected chi connectivity index (χ1v) is 7.95. The minimum atomic E-state index is -0.832. The van der Waals surface area contributed by atoms with Gasteiger partial charge in [0.25, 0.3) is 0 Å². The van der Waals surface area contributed by atoms with Crippen molar-refractivity contribution in [1.29, 1.82) is 0 Å². The van der Waals surface area contributed by atoms with Crippen LogP contribution < -0.4 is 0 Å². The summed E-state index contributed by atoms with van der Waals surface area (Å²) in [5.74, 6) is 0.313. The number of hydrogen-bond donors (Lipinski definition) is 0. The highest BCUT2D eigenvalue weighted by molar-refractivity contribution is 6.16. The van der Waals surface area contributed by atoms with Gasteiger partial charge in [-0.3, -0.25) is 0 Å². The summed E-state index contributed by atoms with van der Waals surface area (Å²) in [5.41, 5.74) is 0.743. The first kappa shape index (κ1) is 14.8. The van der Waals surface area contributed by atoms with E-state index in [1.165, 1.54) is 12.5 Å². The molecule has 0 aliphatic heterocycles. The summed E-state index contributed by atoms with van der Waals surface area (Å²) in [6, 6.07) is 2.79. The average molecular weight is 313 g/mol. The van der Waals surface area contributed by atoms with E-state index in [1.54, 1.807) is 0 Å². The van der Waals surface area contributed by atoms with E-state index < -0.39 is 11.6 Å². The fourth-order valence-corrected chi connectivity index (χ4v) is 3.96. The Morgan fingerprint density at radius 1 is 1.19 bits per heavy atom. The summed E-state index contributed by atoms with van der Waals surface area (Å²) in [4.78, 5) is 4.38. The van der Waals surface area contributed by atoms with Crippen LogP contribution in [0, 0.1) is 23.5 Å². The van der Waals surface area contributed by atoms with Gasteiger partial charge in [0, 0.05) is 6.04 Å². The normalized spacial score (nSPS) is 26.4. The fraction of sp³-hybridized carbons (Fsp3) is 0.562. The van der Waals surface area contributed by atoms with Crippen molar-refractivity contribution in [2.45, 2.75) is 45.0 Å². The van der Waals surface area contributed by atoms with E-state index in [4.69, 9.17) is 11.6 Å². The molecule has 2 aromatic rings. The van der Waals surface area contributed by atoms with Gasteiger partial charge in [0.1, 0.15) is 11.3 Å². The topological polar surface area (TPSA) is 17.8 Å². The lowest BCUT2D eigenvalue weighted by atomic mass is 9.80. The highest BCUT2D eigenvalue weighted by atomic mass is 35.5. The van der Waals surface area contributed by atoms with Crippen LogP contribution in [0.2, 0.25) is 0 Å². The number of fused-ring (bicyclic) bond motifs is 1. The van der Waals surface area contributed by atoms with Crippen molar-refractivity contribution in [2.75, 3.05) is 0 Å². The second-order valence-electron chi connectivity index (χ2n) is 6.33. The van der Waals surface area contributed by atoms with E-state index in [0.717, 1.165) is 18.9 Å². The molecule has 3 rings (SSSR count). The number of alkyl halides is 1. The number of rotatable bonds is 2. The molecule has 1 saturated carbocycles. The van der Waals surface area contributed by atoms with Crippen LogP contribution in [-0.4, -0.2) is 9.55 Å². The largest absolute Gasteiger partial charge is 0.321 e. The Morgan fingerprint density at radius 3 is 2.48 bits per heavy atom. The number of imidazole rings is 1. The highest BCUT2D eigenvalue weighted by Crippen LogP contribution is 2.39. The van der Waals surface area contributed by atoms with Crippen molar-refractivity contribution >= 4 is 22.6 Å². The smallest absolute Gasteiger partial charge is 0.184 e. The SMILES string of the molecule is CC1CC(C)CC(n2c(CCl)nc3ccc(F)c(F)c32)C1. The van der Waals surface area contributed by atoms with Crippen LogP contribution in [0.15, 0.2) is 12.1 Å². The number of nitrogens with zero attached hydrogens (tertiary/aromatic N) is 2. The zero-order valence-corrected chi connectivity index (χ0v) is 13.0. The van der Waals surface area contributed by atoms with Gasteiger partial charge in [-0.05, 0) is 43.2 Å². The first-order chi connectivity index (χ1) is 10.0. The summed E-state index contributed by atoms with van der Waals surface area (Å²) in [6.45, 7) is 4.41. The van der Waals surface area contributed by atoms with E-state index in [1.807, 2.05) is 4.57 Å². The standard InChI is InChI=1S/C16H19ClF2N2/c1-9-5-10(2)7-11(6-9)21-14(8-17)20-13-4-3-12(18)15(19)16(13)21/h3-4,9-11H,5-8H2,1-2H3. The van der Waals surface area contributed by atoms with Crippen molar-refractivity contribution in [2.24, 2.45) is 11.8 Å². The molecule has 0 bridgehead atoms. The van der Waals surface area contributed by atoms with Gasteiger partial charge in [-0.1, -0.05) is 13.8 Å². The minimum absolute atomic E-state index is 0.138. The molecule has 1 aromatic carbocycles. The predicted octanol–water partition coefficient (Wildman–Crippen LogP) is 5.05. The third kappa shape index (κ3) is 2.54. The summed E-state index contributed by atoms with van der Waals surface area (Å²) in [7, 11) is 0. The molecular formula is C16H19ClF2N2. The molecule has 1 aliphatic carbocycles. The molecule has 0 spiro atoms. The Balaban J connectivity index is 2.17. The lowest BCUT2D eigenvalue weighted by molar-refractivity contribution is 0.221. The lowest BCUT2D eigenvalue weighted by Gasteiger charge is -2.33. The lowest BCUT2D eigenvalue weighted by Crippen LogP contribution is -2.24. The summed E-state index contributed by atoms with van der Waals surface area (Å²) in [6.07, 6.45) is 3.08. The first-order valence-electron chi connectivity index (χ1n) is 7.42. The molecule has 1 aromatic heterocycles. The molecule has 2 nitrogen and oxygen atoms in total. The fourth-order valence-electron chi connectivity index (χ4n) is 3.77. The number of aromatic nitrogens is 2. The van der Waals surface area contributed by atoms with Crippen LogP contribution in [0.25, 0.3) is 11.0 Å². The van der Waals surface area contributed by atoms with E-state index in [-0.39, 0.29) is 17.4 Å². The van der Waals surface area contributed by atoms with Gasteiger partial charge in [-0.25, -0.2) is 13.8 Å². The van der Waals surface area contributed by atoms with Crippen LogP contribution in [0.4, 0.5) is 8.78 Å². The van der Waals surface area contributed by atoms with Crippen LogP contribution in [0.5, 0.6) is 0 Å². The number of benzene rings is 1. The molecule has 1 fully saturated rings. The maximum atomic E-state index is 14.3. The molecule has 0 saturated heterocycles. The van der Waals surface area contributed by atoms with E-state index in [2.05, 4.69) is 18.8 Å². The van der Waals surface area contributed by atoms with Gasteiger partial charge in [0.2, 0.25) is 0 Å². The van der Waals surface area contributed by atoms with Crippen LogP contribution in [0.1, 0.15) is 45.0 Å². The van der Waals surface area contributed by atoms with Gasteiger partial charge < -0.3 is 4.57 Å². The number of hydrogen-bond acceptors (Lipinski definition) is 1. The van der Waals surface area contributed by atoms with Crippen molar-refractivity contribution in [3.05, 3.63) is 29.6 Å². The molecule has 5 heteroatoms. The molecule has 2 unspecified atom stereocenters. The van der Waals surface area contributed by atoms with E-state index >= 15 is 0 Å². The highest BCUT2D eigenvalue weighted by Gasteiger charge is 2.29. The molecular weight excluding hydrogens is 294 g/mol. The van der Waals surface area contributed by atoms with Gasteiger partial charge in [0.15, 0.2) is 11.6 Å². The number of halogens is 3. The Labute approximate surface area is 128 Å². The zero-order chi connectivity index (χ0) is 15.1. The molecule has 2 atom stereocenters. The second kappa shape index (κ2) is 5.56. The average Bonchev–Trinajstić information content (AvgIpc) is 2.81. The zero-order valence-electron chi connectivity index (χ0n) is 12.2. The summed E-state index contributed by atoms with van der Waals surface area (Å²) in [5, 5.41) is 0. The molecule has 0 radical (unpaired) electrons. The third-order valence-corrected chi connectivity index (χ3v) is 4.69. The Hall–Kier alpha value is -1.16. The van der Waals surface area contributed by atoms with Crippen molar-refractivity contribution in [3.63, 3.8) is 0 Å². The molecule has 114 valence electrons. The quantitative estimate of drug-likeness (QED) is 0.709. The maximum Gasteiger partial charge on any atom is 0.184 e. The summed E-state index contributed by atoms with van der Waals surface area (Å²) >= 11 is 5.99. The van der Waals surface area contributed by atoms with Gasteiger partial charge in [-0.15, -0.1) is 11.6 Å². The molecule has 1 aliphatic rings. The van der Waals surface area contributed by atoms with Gasteiger partial charge in [-0.2, -0.15) is 0 Å². The molecule has 21 heavy (non-hydrogen) atoms. The second-order valence-corrected chi connectivity index (χ2v) is 6.60. The third-order valence-electron chi connectivity index (χ3n) is 4.45. The van der Waals surface area contributed by atoms with Crippen LogP contribution in [0.3, 0.4) is 0 Å². The van der Waals surface area contributed by atoms with Crippen molar-refractivity contribution in [3.8, 4) is 0 Å².